The highest BCUT2D eigenvalue weighted by atomic mass is 16.5. The predicted octanol–water partition coefficient (Wildman–Crippen LogP) is 4.44. The summed E-state index contributed by atoms with van der Waals surface area (Å²) in [5.74, 6) is 7.37. The topological polar surface area (TPSA) is 9.23 Å². The molecule has 0 aliphatic carbocycles. The van der Waals surface area contributed by atoms with Crippen molar-refractivity contribution < 1.29 is 4.74 Å². The van der Waals surface area contributed by atoms with Gasteiger partial charge in [-0.25, -0.2) is 0 Å². The molecular weight excluding hydrogens is 256 g/mol. The fourth-order valence-electron chi connectivity index (χ4n) is 2.43. The molecule has 0 amide bonds. The Morgan fingerprint density at radius 1 is 0.810 bits per heavy atom. The van der Waals surface area contributed by atoms with Crippen LogP contribution in [0.4, 0.5) is 0 Å². The van der Waals surface area contributed by atoms with Gasteiger partial charge in [-0.05, 0) is 29.1 Å². The van der Waals surface area contributed by atoms with Crippen molar-refractivity contribution in [1.82, 2.24) is 0 Å². The Morgan fingerprint density at radius 2 is 1.52 bits per heavy atom. The fraction of sp³-hybridized carbons (Fsp3) is 0.100. The van der Waals surface area contributed by atoms with E-state index in [2.05, 4.69) is 36.1 Å². The van der Waals surface area contributed by atoms with Crippen molar-refractivity contribution in [2.24, 2.45) is 0 Å². The molecule has 0 spiro atoms. The molecule has 0 aliphatic rings. The van der Waals surface area contributed by atoms with Crippen LogP contribution in [0.25, 0.3) is 10.8 Å². The van der Waals surface area contributed by atoms with Crippen LogP contribution in [0.1, 0.15) is 11.1 Å². The molecule has 0 bridgehead atoms. The highest BCUT2D eigenvalue weighted by Crippen LogP contribution is 2.28. The second kappa shape index (κ2) is 6.15. The highest BCUT2D eigenvalue weighted by Gasteiger charge is 2.04. The van der Waals surface area contributed by atoms with Gasteiger partial charge in [-0.1, -0.05) is 60.4 Å². The first-order valence-corrected chi connectivity index (χ1v) is 6.97. The molecule has 21 heavy (non-hydrogen) atoms. The normalized spacial score (nSPS) is 9.95. The van der Waals surface area contributed by atoms with Gasteiger partial charge in [0.15, 0.2) is 0 Å². The van der Waals surface area contributed by atoms with Crippen LogP contribution in [0.5, 0.6) is 5.75 Å². The Balaban J connectivity index is 1.94. The molecule has 1 heteroatoms. The van der Waals surface area contributed by atoms with Gasteiger partial charge in [0.2, 0.25) is 0 Å². The van der Waals surface area contributed by atoms with Gasteiger partial charge < -0.3 is 4.74 Å². The summed E-state index contributed by atoms with van der Waals surface area (Å²) in [7, 11) is 1.71. The molecule has 102 valence electrons. The molecule has 0 heterocycles. The van der Waals surface area contributed by atoms with Gasteiger partial charge in [0.05, 0.1) is 7.11 Å². The van der Waals surface area contributed by atoms with Crippen molar-refractivity contribution in [3.05, 3.63) is 77.9 Å². The van der Waals surface area contributed by atoms with E-state index in [9.17, 15) is 0 Å². The summed E-state index contributed by atoms with van der Waals surface area (Å²) in [6.07, 6.45) is 0.736. The minimum Gasteiger partial charge on any atom is -0.496 e. The summed E-state index contributed by atoms with van der Waals surface area (Å²) in [6.45, 7) is 0. The second-order valence-corrected chi connectivity index (χ2v) is 4.82. The maximum atomic E-state index is 5.42. The number of hydrogen-bond donors (Lipinski definition) is 0. The third kappa shape index (κ3) is 2.90. The van der Waals surface area contributed by atoms with E-state index in [1.807, 2.05) is 42.5 Å². The van der Waals surface area contributed by atoms with Gasteiger partial charge in [0.25, 0.3) is 0 Å². The Kier molecular flexibility index (Phi) is 3.89. The van der Waals surface area contributed by atoms with Gasteiger partial charge in [-0.15, -0.1) is 0 Å². The molecule has 0 saturated carbocycles. The Morgan fingerprint density at radius 3 is 2.29 bits per heavy atom. The fourth-order valence-corrected chi connectivity index (χ4v) is 2.43. The average molecular weight is 272 g/mol. The maximum absolute atomic E-state index is 5.42. The van der Waals surface area contributed by atoms with Crippen molar-refractivity contribution in [2.45, 2.75) is 6.42 Å². The van der Waals surface area contributed by atoms with Crippen molar-refractivity contribution in [2.75, 3.05) is 7.11 Å². The van der Waals surface area contributed by atoms with E-state index >= 15 is 0 Å². The zero-order chi connectivity index (χ0) is 14.5. The lowest BCUT2D eigenvalue weighted by Gasteiger charge is -2.08. The first kappa shape index (κ1) is 13.3. The monoisotopic (exact) mass is 272 g/mol. The summed E-state index contributed by atoms with van der Waals surface area (Å²) < 4.78 is 5.42. The number of rotatable bonds is 2. The Bertz CT molecular complexity index is 807. The minimum atomic E-state index is 0.736. The van der Waals surface area contributed by atoms with Crippen LogP contribution in [0, 0.1) is 11.8 Å². The van der Waals surface area contributed by atoms with E-state index in [1.54, 1.807) is 7.11 Å². The molecule has 0 saturated heterocycles. The molecule has 0 unspecified atom stereocenters. The van der Waals surface area contributed by atoms with Gasteiger partial charge in [0.1, 0.15) is 5.75 Å². The van der Waals surface area contributed by atoms with Gasteiger partial charge in [-0.2, -0.15) is 0 Å². The third-order valence-electron chi connectivity index (χ3n) is 3.48. The first-order valence-electron chi connectivity index (χ1n) is 6.97. The lowest BCUT2D eigenvalue weighted by Crippen LogP contribution is -1.89. The molecule has 0 atom stereocenters. The molecule has 1 nitrogen and oxygen atoms in total. The zero-order valence-corrected chi connectivity index (χ0v) is 12.0. The molecule has 3 rings (SSSR count). The molecule has 3 aromatic carbocycles. The van der Waals surface area contributed by atoms with Crippen LogP contribution in [-0.4, -0.2) is 7.11 Å². The Labute approximate surface area is 125 Å². The number of fused-ring (bicyclic) bond motifs is 1. The average Bonchev–Trinajstić information content (AvgIpc) is 2.56. The number of ether oxygens (including phenoxy) is 1. The molecular formula is C20H16O. The summed E-state index contributed by atoms with van der Waals surface area (Å²) in [5.41, 5.74) is 2.28. The van der Waals surface area contributed by atoms with Gasteiger partial charge in [0, 0.05) is 17.4 Å². The van der Waals surface area contributed by atoms with Crippen LogP contribution >= 0.6 is 0 Å². The molecule has 0 aromatic heterocycles. The van der Waals surface area contributed by atoms with Crippen LogP contribution in [0.15, 0.2) is 66.7 Å². The SMILES string of the molecule is COc1ccc(CC#Cc2ccccc2)c2ccccc12. The minimum absolute atomic E-state index is 0.736. The van der Waals surface area contributed by atoms with Crippen molar-refractivity contribution in [3.8, 4) is 17.6 Å². The van der Waals surface area contributed by atoms with E-state index in [0.29, 0.717) is 0 Å². The molecule has 0 aliphatic heterocycles. The summed E-state index contributed by atoms with van der Waals surface area (Å²) in [4.78, 5) is 0. The molecule has 3 aromatic rings. The highest BCUT2D eigenvalue weighted by molar-refractivity contribution is 5.91. The van der Waals surface area contributed by atoms with E-state index in [-0.39, 0.29) is 0 Å². The molecule has 0 N–H and O–H groups in total. The molecule has 0 radical (unpaired) electrons. The third-order valence-corrected chi connectivity index (χ3v) is 3.48. The van der Waals surface area contributed by atoms with E-state index in [4.69, 9.17) is 4.74 Å². The quantitative estimate of drug-likeness (QED) is 0.627. The van der Waals surface area contributed by atoms with Crippen molar-refractivity contribution >= 4 is 10.8 Å². The molecule has 0 fully saturated rings. The van der Waals surface area contributed by atoms with Crippen molar-refractivity contribution in [3.63, 3.8) is 0 Å². The number of hydrogen-bond acceptors (Lipinski definition) is 1. The standard InChI is InChI=1S/C20H16O/c1-21-20-15-14-17(18-12-5-6-13-19(18)20)11-7-10-16-8-3-2-4-9-16/h2-6,8-9,12-15H,11H2,1H3. The predicted molar refractivity (Wildman–Crippen MR) is 87.5 cm³/mol. The Hall–Kier alpha value is -2.72. The summed E-state index contributed by atoms with van der Waals surface area (Å²) in [5, 5.41) is 2.35. The summed E-state index contributed by atoms with van der Waals surface area (Å²) >= 11 is 0. The number of benzene rings is 3. The van der Waals surface area contributed by atoms with Gasteiger partial charge >= 0.3 is 0 Å². The lowest BCUT2D eigenvalue weighted by atomic mass is 10.0. The second-order valence-electron chi connectivity index (χ2n) is 4.82. The van der Waals surface area contributed by atoms with Gasteiger partial charge in [-0.3, -0.25) is 0 Å². The van der Waals surface area contributed by atoms with E-state index in [0.717, 1.165) is 23.1 Å². The van der Waals surface area contributed by atoms with Crippen LogP contribution in [-0.2, 0) is 6.42 Å². The smallest absolute Gasteiger partial charge is 0.126 e. The van der Waals surface area contributed by atoms with Crippen LogP contribution < -0.4 is 4.74 Å². The summed E-state index contributed by atoms with van der Waals surface area (Å²) in [6, 6.07) is 22.5. The van der Waals surface area contributed by atoms with E-state index in [1.165, 1.54) is 10.9 Å². The lowest BCUT2D eigenvalue weighted by molar-refractivity contribution is 0.420. The first-order chi connectivity index (χ1) is 10.4. The van der Waals surface area contributed by atoms with Crippen LogP contribution in [0.2, 0.25) is 0 Å². The van der Waals surface area contributed by atoms with Crippen LogP contribution in [0.3, 0.4) is 0 Å². The maximum Gasteiger partial charge on any atom is 0.126 e. The largest absolute Gasteiger partial charge is 0.496 e. The zero-order valence-electron chi connectivity index (χ0n) is 12.0. The number of methoxy groups -OCH3 is 1. The van der Waals surface area contributed by atoms with Crippen molar-refractivity contribution in [1.29, 1.82) is 0 Å². The van der Waals surface area contributed by atoms with E-state index < -0.39 is 0 Å².